The van der Waals surface area contributed by atoms with E-state index in [2.05, 4.69) is 49.4 Å². The lowest BCUT2D eigenvalue weighted by Crippen LogP contribution is -1.91. The van der Waals surface area contributed by atoms with Crippen LogP contribution in [0.4, 0.5) is 0 Å². The molecule has 83 valence electrons. The van der Waals surface area contributed by atoms with Gasteiger partial charge in [-0.1, -0.05) is 55.8 Å². The normalized spacial score (nSPS) is 10.8. The number of fused-ring (bicyclic) bond motifs is 1. The second-order valence-electron chi connectivity index (χ2n) is 3.90. The molecule has 0 N–H and O–H groups in total. The van der Waals surface area contributed by atoms with Crippen molar-refractivity contribution in [3.63, 3.8) is 0 Å². The summed E-state index contributed by atoms with van der Waals surface area (Å²) in [6, 6.07) is 14.8. The molecular weight excluding hydrogens is 196 g/mol. The lowest BCUT2D eigenvalue weighted by atomic mass is 10.1. The van der Waals surface area contributed by atoms with Crippen LogP contribution in [0.2, 0.25) is 0 Å². The van der Waals surface area contributed by atoms with Crippen LogP contribution < -0.4 is 0 Å². The highest BCUT2D eigenvalue weighted by Gasteiger charge is 1.99. The zero-order valence-corrected chi connectivity index (χ0v) is 9.65. The van der Waals surface area contributed by atoms with Crippen molar-refractivity contribution in [2.45, 2.75) is 26.4 Å². The lowest BCUT2D eigenvalue weighted by Gasteiger charge is -2.06. The maximum Gasteiger partial charge on any atom is 0.0841 e. The fraction of sp³-hybridized carbons (Fsp3) is 0.267. The van der Waals surface area contributed by atoms with Crippen molar-refractivity contribution in [2.75, 3.05) is 0 Å². The molecule has 0 spiro atoms. The smallest absolute Gasteiger partial charge is 0.0841 e. The van der Waals surface area contributed by atoms with Gasteiger partial charge in [0.05, 0.1) is 13.2 Å². The third-order valence-electron chi connectivity index (χ3n) is 2.64. The summed E-state index contributed by atoms with van der Waals surface area (Å²) in [5, 5.41) is 2.56. The lowest BCUT2D eigenvalue weighted by molar-refractivity contribution is 0.179. The molecule has 0 saturated carbocycles. The van der Waals surface area contributed by atoms with Gasteiger partial charge in [0.15, 0.2) is 0 Å². The predicted octanol–water partition coefficient (Wildman–Crippen LogP) is 4.32. The standard InChI is InChI=1S/C15H17O/c1-2-3-11-16-12-14-9-6-8-13-7-4-5-10-15(13)14/h4-11H,2-3,12H2,1H3. The first kappa shape index (κ1) is 11.2. The van der Waals surface area contributed by atoms with Crippen LogP contribution in [-0.2, 0) is 11.3 Å². The maximum atomic E-state index is 5.54. The molecule has 0 heterocycles. The summed E-state index contributed by atoms with van der Waals surface area (Å²) in [6.45, 7) is 4.72. The molecule has 2 aromatic rings. The zero-order valence-electron chi connectivity index (χ0n) is 9.65. The van der Waals surface area contributed by atoms with Gasteiger partial charge in [-0.15, -0.1) is 0 Å². The molecule has 2 rings (SSSR count). The first-order valence-corrected chi connectivity index (χ1v) is 5.81. The second kappa shape index (κ2) is 5.66. The summed E-state index contributed by atoms with van der Waals surface area (Å²) in [5.74, 6) is 0. The summed E-state index contributed by atoms with van der Waals surface area (Å²) in [5.41, 5.74) is 1.26. The Morgan fingerprint density at radius 1 is 1.06 bits per heavy atom. The number of ether oxygens (including phenoxy) is 1. The summed E-state index contributed by atoms with van der Waals surface area (Å²) in [6.07, 6.45) is 2.15. The van der Waals surface area contributed by atoms with Gasteiger partial charge < -0.3 is 4.74 Å². The highest BCUT2D eigenvalue weighted by molar-refractivity contribution is 5.85. The van der Waals surface area contributed by atoms with Gasteiger partial charge in [0, 0.05) is 0 Å². The molecule has 0 saturated heterocycles. The molecule has 1 heteroatoms. The summed E-state index contributed by atoms with van der Waals surface area (Å²) in [7, 11) is 0. The highest BCUT2D eigenvalue weighted by atomic mass is 16.5. The first-order chi connectivity index (χ1) is 7.92. The quantitative estimate of drug-likeness (QED) is 0.672. The Hall–Kier alpha value is -1.34. The van der Waals surface area contributed by atoms with E-state index in [1.807, 2.05) is 6.61 Å². The van der Waals surface area contributed by atoms with Crippen molar-refractivity contribution in [3.05, 3.63) is 54.6 Å². The summed E-state index contributed by atoms with van der Waals surface area (Å²) < 4.78 is 5.54. The van der Waals surface area contributed by atoms with Gasteiger partial charge in [0.1, 0.15) is 0 Å². The van der Waals surface area contributed by atoms with E-state index in [1.165, 1.54) is 16.3 Å². The fourth-order valence-corrected chi connectivity index (χ4v) is 1.77. The van der Waals surface area contributed by atoms with Crippen LogP contribution >= 0.6 is 0 Å². The van der Waals surface area contributed by atoms with Crippen molar-refractivity contribution < 1.29 is 4.74 Å². The minimum absolute atomic E-state index is 0.668. The summed E-state index contributed by atoms with van der Waals surface area (Å²) >= 11 is 0. The van der Waals surface area contributed by atoms with Gasteiger partial charge in [-0.3, -0.25) is 0 Å². The van der Waals surface area contributed by atoms with Gasteiger partial charge in [0.2, 0.25) is 0 Å². The maximum absolute atomic E-state index is 5.54. The van der Waals surface area contributed by atoms with Crippen LogP contribution in [0, 0.1) is 6.61 Å². The molecule has 1 radical (unpaired) electrons. The number of unbranched alkanes of at least 4 members (excludes halogenated alkanes) is 1. The van der Waals surface area contributed by atoms with Crippen molar-refractivity contribution in [1.82, 2.24) is 0 Å². The Bertz CT molecular complexity index is 443. The third-order valence-corrected chi connectivity index (χ3v) is 2.64. The minimum atomic E-state index is 0.668. The SMILES string of the molecule is CCC[CH]OCc1cccc2ccccc12. The van der Waals surface area contributed by atoms with Gasteiger partial charge in [0.25, 0.3) is 0 Å². The van der Waals surface area contributed by atoms with Gasteiger partial charge in [-0.2, -0.15) is 0 Å². The molecule has 2 aromatic carbocycles. The molecule has 0 aromatic heterocycles. The number of benzene rings is 2. The monoisotopic (exact) mass is 213 g/mol. The highest BCUT2D eigenvalue weighted by Crippen LogP contribution is 2.19. The van der Waals surface area contributed by atoms with Crippen LogP contribution in [0.3, 0.4) is 0 Å². The number of rotatable bonds is 5. The predicted molar refractivity (Wildman–Crippen MR) is 67.9 cm³/mol. The topological polar surface area (TPSA) is 9.23 Å². The Kier molecular flexibility index (Phi) is 3.95. The van der Waals surface area contributed by atoms with Gasteiger partial charge in [-0.05, 0) is 22.8 Å². The molecule has 16 heavy (non-hydrogen) atoms. The molecule has 0 amide bonds. The average molecular weight is 213 g/mol. The Balaban J connectivity index is 2.11. The van der Waals surface area contributed by atoms with Crippen molar-refractivity contribution in [1.29, 1.82) is 0 Å². The van der Waals surface area contributed by atoms with Crippen molar-refractivity contribution >= 4 is 10.8 Å². The Labute approximate surface area is 97.1 Å². The molecule has 0 aliphatic carbocycles. The molecule has 0 fully saturated rings. The molecule has 0 aliphatic heterocycles. The van der Waals surface area contributed by atoms with E-state index in [1.54, 1.807) is 0 Å². The minimum Gasteiger partial charge on any atom is -0.371 e. The molecule has 0 unspecified atom stereocenters. The Morgan fingerprint density at radius 3 is 2.75 bits per heavy atom. The van der Waals surface area contributed by atoms with E-state index in [-0.39, 0.29) is 0 Å². The molecule has 0 aliphatic rings. The third kappa shape index (κ3) is 2.61. The van der Waals surface area contributed by atoms with Crippen LogP contribution in [0.5, 0.6) is 0 Å². The van der Waals surface area contributed by atoms with E-state index in [0.29, 0.717) is 6.61 Å². The van der Waals surface area contributed by atoms with E-state index in [4.69, 9.17) is 4.74 Å². The number of hydrogen-bond donors (Lipinski definition) is 0. The largest absolute Gasteiger partial charge is 0.371 e. The van der Waals surface area contributed by atoms with Crippen LogP contribution in [0.1, 0.15) is 25.3 Å². The van der Waals surface area contributed by atoms with Crippen LogP contribution in [0.15, 0.2) is 42.5 Å². The van der Waals surface area contributed by atoms with E-state index in [0.717, 1.165) is 12.8 Å². The molecule has 0 bridgehead atoms. The van der Waals surface area contributed by atoms with E-state index >= 15 is 0 Å². The molecule has 0 atom stereocenters. The number of hydrogen-bond acceptors (Lipinski definition) is 1. The molecular formula is C15H17O. The first-order valence-electron chi connectivity index (χ1n) is 5.81. The van der Waals surface area contributed by atoms with Crippen LogP contribution in [-0.4, -0.2) is 0 Å². The van der Waals surface area contributed by atoms with Crippen molar-refractivity contribution in [2.24, 2.45) is 0 Å². The van der Waals surface area contributed by atoms with Gasteiger partial charge >= 0.3 is 0 Å². The second-order valence-corrected chi connectivity index (χ2v) is 3.90. The molecule has 1 nitrogen and oxygen atoms in total. The fourth-order valence-electron chi connectivity index (χ4n) is 1.77. The summed E-state index contributed by atoms with van der Waals surface area (Å²) in [4.78, 5) is 0. The zero-order chi connectivity index (χ0) is 11.2. The Morgan fingerprint density at radius 2 is 1.88 bits per heavy atom. The van der Waals surface area contributed by atoms with Crippen molar-refractivity contribution in [3.8, 4) is 0 Å². The van der Waals surface area contributed by atoms with E-state index < -0.39 is 0 Å². The van der Waals surface area contributed by atoms with Crippen LogP contribution in [0.25, 0.3) is 10.8 Å². The van der Waals surface area contributed by atoms with Gasteiger partial charge in [-0.25, -0.2) is 0 Å². The van der Waals surface area contributed by atoms with E-state index in [9.17, 15) is 0 Å². The average Bonchev–Trinajstić information content (AvgIpc) is 2.35.